The second-order valence-electron chi connectivity index (χ2n) is 11.3. The zero-order valence-electron chi connectivity index (χ0n) is 22.1. The molecule has 3 aromatic heterocycles. The number of aromatic amines is 1. The number of likely N-dealkylation sites (tertiary alicyclic amines) is 1. The number of rotatable bonds is 4. The highest BCUT2D eigenvalue weighted by Crippen LogP contribution is 2.38. The van der Waals surface area contributed by atoms with Crippen molar-refractivity contribution >= 4 is 22.4 Å². The van der Waals surface area contributed by atoms with E-state index in [1.807, 2.05) is 17.8 Å². The Hall–Kier alpha value is -3.35. The number of fused-ring (bicyclic) bond motifs is 2. The number of nitrogens with one attached hydrogen (secondary N) is 1. The summed E-state index contributed by atoms with van der Waals surface area (Å²) >= 11 is 1.65. The Morgan fingerprint density at radius 3 is 2.47 bits per heavy atom. The van der Waals surface area contributed by atoms with E-state index in [0.29, 0.717) is 11.6 Å². The van der Waals surface area contributed by atoms with E-state index in [9.17, 15) is 0 Å². The molecule has 0 bridgehead atoms. The molecule has 5 aromatic rings. The van der Waals surface area contributed by atoms with Gasteiger partial charge < -0.3 is 0 Å². The molecular formula is C32H33N5S. The van der Waals surface area contributed by atoms with Crippen LogP contribution in [0, 0.1) is 0 Å². The fraction of sp³-hybridized carbons (Fsp3) is 0.344. The van der Waals surface area contributed by atoms with Gasteiger partial charge in [0.1, 0.15) is 5.01 Å². The molecule has 0 amide bonds. The number of nitrogens with zero attached hydrogens (tertiary/aromatic N) is 4. The van der Waals surface area contributed by atoms with Gasteiger partial charge in [0, 0.05) is 51.4 Å². The molecule has 2 aromatic carbocycles. The molecule has 0 saturated carbocycles. The maximum absolute atomic E-state index is 4.72. The second-order valence-corrected chi connectivity index (χ2v) is 12.2. The molecule has 192 valence electrons. The molecule has 0 radical (unpaired) electrons. The van der Waals surface area contributed by atoms with Gasteiger partial charge in [0.25, 0.3) is 0 Å². The highest BCUT2D eigenvalue weighted by molar-refractivity contribution is 7.13. The van der Waals surface area contributed by atoms with Crippen molar-refractivity contribution in [1.82, 2.24) is 25.1 Å². The third-order valence-corrected chi connectivity index (χ3v) is 9.74. The van der Waals surface area contributed by atoms with Crippen LogP contribution >= 0.6 is 11.3 Å². The van der Waals surface area contributed by atoms with Gasteiger partial charge in [0.05, 0.1) is 5.69 Å². The summed E-state index contributed by atoms with van der Waals surface area (Å²) in [4.78, 5) is 11.9. The molecule has 6 heteroatoms. The van der Waals surface area contributed by atoms with Gasteiger partial charge in [-0.25, -0.2) is 9.97 Å². The van der Waals surface area contributed by atoms with E-state index in [-0.39, 0.29) is 0 Å². The number of pyridine rings is 1. The molecule has 5 nitrogen and oxygen atoms in total. The Kier molecular flexibility index (Phi) is 5.90. The van der Waals surface area contributed by atoms with Crippen LogP contribution in [0.5, 0.6) is 0 Å². The summed E-state index contributed by atoms with van der Waals surface area (Å²) in [5.41, 5.74) is 9.69. The van der Waals surface area contributed by atoms with Crippen LogP contribution in [0.25, 0.3) is 44.0 Å². The standard InChI is InChI=1S/C32H33N5S/c1-21-4-3-16-37(21)32(2)13-11-22-5-10-25(18-26(22)12-14-32)27-19-28-29(35-36-30(28)34-20-27)23-6-8-24(9-7-23)31-33-15-17-38-31/h5-10,15,17-21H,3-4,11-14,16H2,1-2H3,(H,34,35,36)/t21-,32+/m1/s1. The molecule has 0 spiro atoms. The third kappa shape index (κ3) is 4.16. The predicted molar refractivity (Wildman–Crippen MR) is 156 cm³/mol. The van der Waals surface area contributed by atoms with Crippen molar-refractivity contribution in [3.63, 3.8) is 0 Å². The minimum absolute atomic E-state index is 0.302. The number of hydrogen-bond acceptors (Lipinski definition) is 5. The first-order valence-electron chi connectivity index (χ1n) is 13.8. The Bertz CT molecular complexity index is 1590. The van der Waals surface area contributed by atoms with Crippen LogP contribution in [-0.2, 0) is 12.8 Å². The monoisotopic (exact) mass is 519 g/mol. The zero-order valence-corrected chi connectivity index (χ0v) is 22.9. The summed E-state index contributed by atoms with van der Waals surface area (Å²) in [5.74, 6) is 0. The molecule has 2 aliphatic rings. The molecule has 1 aliphatic carbocycles. The Balaban J connectivity index is 1.18. The van der Waals surface area contributed by atoms with E-state index in [0.717, 1.165) is 51.3 Å². The third-order valence-electron chi connectivity index (χ3n) is 8.91. The average molecular weight is 520 g/mol. The molecule has 7 rings (SSSR count). The smallest absolute Gasteiger partial charge is 0.181 e. The SMILES string of the molecule is C[C@@H]1CCCN1[C@@]1(C)CCc2ccc(-c3cnc4n[nH]c(-c5ccc(-c6nccs6)cc5)c4c3)cc2CC1. The van der Waals surface area contributed by atoms with Gasteiger partial charge in [-0.1, -0.05) is 42.5 Å². The lowest BCUT2D eigenvalue weighted by atomic mass is 9.89. The summed E-state index contributed by atoms with van der Waals surface area (Å²) in [6.45, 7) is 6.17. The Morgan fingerprint density at radius 2 is 1.71 bits per heavy atom. The van der Waals surface area contributed by atoms with Crippen LogP contribution in [0.2, 0.25) is 0 Å². The van der Waals surface area contributed by atoms with Crippen molar-refractivity contribution < 1.29 is 0 Å². The number of hydrogen-bond donors (Lipinski definition) is 1. The Labute approximate surface area is 228 Å². The van der Waals surface area contributed by atoms with Gasteiger partial charge >= 0.3 is 0 Å². The maximum Gasteiger partial charge on any atom is 0.181 e. The van der Waals surface area contributed by atoms with Gasteiger partial charge in [-0.05, 0) is 81.7 Å². The summed E-state index contributed by atoms with van der Waals surface area (Å²) < 4.78 is 0. The minimum Gasteiger partial charge on any atom is -0.295 e. The highest BCUT2D eigenvalue weighted by atomic mass is 32.1. The van der Waals surface area contributed by atoms with Gasteiger partial charge in [-0.2, -0.15) is 5.10 Å². The van der Waals surface area contributed by atoms with Gasteiger partial charge in [0.15, 0.2) is 5.65 Å². The van der Waals surface area contributed by atoms with Crippen LogP contribution < -0.4 is 0 Å². The van der Waals surface area contributed by atoms with E-state index in [4.69, 9.17) is 4.98 Å². The van der Waals surface area contributed by atoms with Crippen molar-refractivity contribution in [1.29, 1.82) is 0 Å². The molecule has 38 heavy (non-hydrogen) atoms. The van der Waals surface area contributed by atoms with Gasteiger partial charge in [0.2, 0.25) is 0 Å². The summed E-state index contributed by atoms with van der Waals surface area (Å²) in [6.07, 6.45) is 11.3. The zero-order chi connectivity index (χ0) is 25.7. The van der Waals surface area contributed by atoms with Crippen LogP contribution in [0.4, 0.5) is 0 Å². The average Bonchev–Trinajstić information content (AvgIpc) is 3.70. The van der Waals surface area contributed by atoms with Crippen LogP contribution in [-0.4, -0.2) is 43.2 Å². The highest BCUT2D eigenvalue weighted by Gasteiger charge is 2.38. The molecule has 4 heterocycles. The van der Waals surface area contributed by atoms with Crippen LogP contribution in [0.3, 0.4) is 0 Å². The normalized spacial score (nSPS) is 22.0. The predicted octanol–water partition coefficient (Wildman–Crippen LogP) is 7.54. The van der Waals surface area contributed by atoms with Crippen molar-refractivity contribution in [2.45, 2.75) is 64.0 Å². The number of benzene rings is 2. The second kappa shape index (κ2) is 9.44. The fourth-order valence-electron chi connectivity index (χ4n) is 6.66. The molecule has 1 N–H and O–H groups in total. The number of aryl methyl sites for hydroxylation is 2. The molecule has 1 aliphatic heterocycles. The number of aromatic nitrogens is 4. The molecular weight excluding hydrogens is 486 g/mol. The maximum atomic E-state index is 4.72. The van der Waals surface area contributed by atoms with E-state index >= 15 is 0 Å². The number of H-pyrrole nitrogens is 1. The number of thiazole rings is 1. The molecule has 1 fully saturated rings. The van der Waals surface area contributed by atoms with Gasteiger partial charge in [-0.15, -0.1) is 11.3 Å². The van der Waals surface area contributed by atoms with Crippen molar-refractivity contribution in [3.8, 4) is 33.0 Å². The largest absolute Gasteiger partial charge is 0.295 e. The summed E-state index contributed by atoms with van der Waals surface area (Å²) in [5, 5.41) is 11.8. The summed E-state index contributed by atoms with van der Waals surface area (Å²) in [6, 6.07) is 18.5. The first-order chi connectivity index (χ1) is 18.6. The lowest BCUT2D eigenvalue weighted by Crippen LogP contribution is -2.48. The summed E-state index contributed by atoms with van der Waals surface area (Å²) in [7, 11) is 0. The Morgan fingerprint density at radius 1 is 0.921 bits per heavy atom. The lowest BCUT2D eigenvalue weighted by Gasteiger charge is -2.41. The molecule has 2 atom stereocenters. The first kappa shape index (κ1) is 23.7. The van der Waals surface area contributed by atoms with E-state index in [1.165, 1.54) is 48.9 Å². The molecule has 0 unspecified atom stereocenters. The molecule has 1 saturated heterocycles. The first-order valence-corrected chi connectivity index (χ1v) is 14.7. The van der Waals surface area contributed by atoms with Crippen molar-refractivity contribution in [2.75, 3.05) is 6.54 Å². The quantitative estimate of drug-likeness (QED) is 0.249. The van der Waals surface area contributed by atoms with E-state index in [2.05, 4.69) is 82.5 Å². The minimum atomic E-state index is 0.302. The van der Waals surface area contributed by atoms with Crippen molar-refractivity contribution in [3.05, 3.63) is 77.4 Å². The van der Waals surface area contributed by atoms with Gasteiger partial charge in [-0.3, -0.25) is 10.00 Å². The van der Waals surface area contributed by atoms with Crippen LogP contribution in [0.1, 0.15) is 50.7 Å². The fourth-order valence-corrected chi connectivity index (χ4v) is 7.31. The lowest BCUT2D eigenvalue weighted by molar-refractivity contribution is 0.0821. The van der Waals surface area contributed by atoms with Crippen LogP contribution in [0.15, 0.2) is 66.3 Å². The van der Waals surface area contributed by atoms with Crippen molar-refractivity contribution in [2.24, 2.45) is 0 Å². The van der Waals surface area contributed by atoms with E-state index in [1.54, 1.807) is 11.3 Å². The topological polar surface area (TPSA) is 57.7 Å². The van der Waals surface area contributed by atoms with E-state index < -0.39 is 0 Å².